The van der Waals surface area contributed by atoms with Crippen molar-refractivity contribution in [3.63, 3.8) is 0 Å². The van der Waals surface area contributed by atoms with Gasteiger partial charge in [-0.2, -0.15) is 14.3 Å². The van der Waals surface area contributed by atoms with Gasteiger partial charge in [0.25, 0.3) is 0 Å². The van der Waals surface area contributed by atoms with Crippen molar-refractivity contribution in [2.24, 2.45) is 0 Å². The van der Waals surface area contributed by atoms with Crippen molar-refractivity contribution in [2.75, 3.05) is 23.8 Å². The van der Waals surface area contributed by atoms with Gasteiger partial charge in [-0.3, -0.25) is 5.32 Å². The summed E-state index contributed by atoms with van der Waals surface area (Å²) in [5.41, 5.74) is -0.139. The van der Waals surface area contributed by atoms with Gasteiger partial charge in [-0.05, 0) is 19.9 Å². The van der Waals surface area contributed by atoms with Crippen LogP contribution in [-0.4, -0.2) is 48.8 Å². The molecule has 29 heavy (non-hydrogen) atoms. The topological polar surface area (TPSA) is 143 Å². The highest BCUT2D eigenvalue weighted by atomic mass is 32.2. The van der Waals surface area contributed by atoms with Crippen LogP contribution in [0.25, 0.3) is 0 Å². The van der Waals surface area contributed by atoms with Crippen LogP contribution in [0.1, 0.15) is 19.4 Å². The standard InChI is InChI=1S/C17H20N4O7S/c1-17(2)9-10-6-5-7-11(14(10)28-17)21(29(23,24)25)16(22)20-15-18-12(26-3)8-13(19-15)27-4/h5-8H,9H2,1-4H3,(H,23,24,25)(H,18,19,20,22)/p-1. The van der Waals surface area contributed by atoms with E-state index in [1.165, 1.54) is 32.4 Å². The molecule has 1 N–H and O–H groups in total. The first-order chi connectivity index (χ1) is 13.5. The van der Waals surface area contributed by atoms with Gasteiger partial charge in [-0.1, -0.05) is 12.1 Å². The van der Waals surface area contributed by atoms with Crippen LogP contribution in [0.3, 0.4) is 0 Å². The first-order valence-corrected chi connectivity index (χ1v) is 9.75. The number of hydrogen-bond donors (Lipinski definition) is 1. The van der Waals surface area contributed by atoms with E-state index in [-0.39, 0.29) is 33.5 Å². The molecule has 0 atom stereocenters. The molecule has 2 heterocycles. The van der Waals surface area contributed by atoms with Crippen LogP contribution in [-0.2, 0) is 16.7 Å². The average molecular weight is 423 g/mol. The van der Waals surface area contributed by atoms with Gasteiger partial charge >= 0.3 is 6.03 Å². The van der Waals surface area contributed by atoms with Gasteiger partial charge in [-0.15, -0.1) is 0 Å². The van der Waals surface area contributed by atoms with Crippen molar-refractivity contribution in [3.05, 3.63) is 29.8 Å². The van der Waals surface area contributed by atoms with Gasteiger partial charge in [0.2, 0.25) is 17.7 Å². The Kier molecular flexibility index (Phi) is 5.24. The normalized spacial score (nSPS) is 14.5. The molecule has 2 aromatic rings. The Hall–Kier alpha value is -3.12. The van der Waals surface area contributed by atoms with Gasteiger partial charge in [-0.25, -0.2) is 13.2 Å². The molecule has 1 aromatic carbocycles. The molecule has 0 fully saturated rings. The number of anilines is 2. The number of urea groups is 1. The number of carbonyl (C=O) groups is 1. The summed E-state index contributed by atoms with van der Waals surface area (Å²) in [6, 6.07) is 4.66. The molecule has 3 rings (SSSR count). The predicted octanol–water partition coefficient (Wildman–Crippen LogP) is 1.71. The molecule has 156 valence electrons. The van der Waals surface area contributed by atoms with Crippen LogP contribution in [0.4, 0.5) is 16.4 Å². The SMILES string of the molecule is COc1cc(OC)nc(NC(=O)N(c2cccc3c2OC(C)(C)C3)S(=O)(=O)[O-])n1. The first-order valence-electron chi connectivity index (χ1n) is 8.39. The summed E-state index contributed by atoms with van der Waals surface area (Å²) in [5, 5.41) is 2.18. The Balaban J connectivity index is 2.01. The Morgan fingerprint density at radius 3 is 2.41 bits per heavy atom. The van der Waals surface area contributed by atoms with E-state index in [1.54, 1.807) is 6.07 Å². The van der Waals surface area contributed by atoms with Gasteiger partial charge < -0.3 is 18.8 Å². The molecule has 0 bridgehead atoms. The van der Waals surface area contributed by atoms with Gasteiger partial charge in [0, 0.05) is 12.0 Å². The van der Waals surface area contributed by atoms with E-state index >= 15 is 0 Å². The highest BCUT2D eigenvalue weighted by molar-refractivity contribution is 7.88. The molecule has 0 saturated carbocycles. The second-order valence-corrected chi connectivity index (χ2v) is 7.95. The monoisotopic (exact) mass is 423 g/mol. The molecular weight excluding hydrogens is 404 g/mol. The second kappa shape index (κ2) is 7.37. The zero-order chi connectivity index (χ0) is 21.4. The maximum Gasteiger partial charge on any atom is 0.341 e. The summed E-state index contributed by atoms with van der Waals surface area (Å²) in [4.78, 5) is 20.5. The number of benzene rings is 1. The van der Waals surface area contributed by atoms with Crippen molar-refractivity contribution >= 4 is 28.0 Å². The van der Waals surface area contributed by atoms with E-state index in [1.807, 2.05) is 13.8 Å². The van der Waals surface area contributed by atoms with Crippen LogP contribution < -0.4 is 23.8 Å². The third-order valence-electron chi connectivity index (χ3n) is 4.01. The number of methoxy groups -OCH3 is 2. The smallest absolute Gasteiger partial charge is 0.341 e. The number of nitrogens with zero attached hydrogens (tertiary/aromatic N) is 3. The molecule has 0 aliphatic carbocycles. The van der Waals surface area contributed by atoms with E-state index in [0.717, 1.165) is 0 Å². The van der Waals surface area contributed by atoms with Crippen molar-refractivity contribution < 1.29 is 32.0 Å². The summed E-state index contributed by atoms with van der Waals surface area (Å²) in [6.07, 6.45) is 0.487. The number of ether oxygens (including phenoxy) is 3. The van der Waals surface area contributed by atoms with Crippen molar-refractivity contribution in [3.8, 4) is 17.5 Å². The molecule has 0 saturated heterocycles. The third kappa shape index (κ3) is 4.32. The van der Waals surface area contributed by atoms with Gasteiger partial charge in [0.1, 0.15) is 17.0 Å². The van der Waals surface area contributed by atoms with E-state index in [2.05, 4.69) is 15.3 Å². The van der Waals surface area contributed by atoms with Crippen LogP contribution >= 0.6 is 0 Å². The molecule has 1 aliphatic rings. The lowest BCUT2D eigenvalue weighted by atomic mass is 10.0. The number of rotatable bonds is 5. The maximum atomic E-state index is 12.7. The number of para-hydroxylation sites is 1. The number of fused-ring (bicyclic) bond motifs is 1. The summed E-state index contributed by atoms with van der Waals surface area (Å²) in [5.74, 6) is -0.0337. The van der Waals surface area contributed by atoms with Crippen molar-refractivity contribution in [1.82, 2.24) is 9.97 Å². The Morgan fingerprint density at radius 2 is 1.86 bits per heavy atom. The van der Waals surface area contributed by atoms with Crippen molar-refractivity contribution in [1.29, 1.82) is 0 Å². The molecule has 1 aliphatic heterocycles. The first kappa shape index (κ1) is 20.6. The Morgan fingerprint density at radius 1 is 1.24 bits per heavy atom. The van der Waals surface area contributed by atoms with Crippen LogP contribution in [0, 0.1) is 0 Å². The zero-order valence-corrected chi connectivity index (χ0v) is 16.9. The molecule has 11 nitrogen and oxygen atoms in total. The minimum Gasteiger partial charge on any atom is -0.730 e. The van der Waals surface area contributed by atoms with Gasteiger partial charge in [0.15, 0.2) is 10.3 Å². The van der Waals surface area contributed by atoms with Crippen LogP contribution in [0.15, 0.2) is 24.3 Å². The fourth-order valence-electron chi connectivity index (χ4n) is 2.91. The number of aromatic nitrogens is 2. The second-order valence-electron chi connectivity index (χ2n) is 6.73. The summed E-state index contributed by atoms with van der Waals surface area (Å²) in [7, 11) is -2.57. The highest BCUT2D eigenvalue weighted by Gasteiger charge is 2.36. The number of amides is 2. The minimum absolute atomic E-state index is 0.0642. The molecular formula is C17H19N4O7S-. The summed E-state index contributed by atoms with van der Waals surface area (Å²) >= 11 is 0. The lowest BCUT2D eigenvalue weighted by Gasteiger charge is -2.27. The highest BCUT2D eigenvalue weighted by Crippen LogP contribution is 2.42. The quantitative estimate of drug-likeness (QED) is 0.711. The van der Waals surface area contributed by atoms with E-state index < -0.39 is 21.9 Å². The fourth-order valence-corrected chi connectivity index (χ4v) is 3.54. The summed E-state index contributed by atoms with van der Waals surface area (Å²) in [6.45, 7) is 3.62. The molecule has 1 aromatic heterocycles. The van der Waals surface area contributed by atoms with Crippen LogP contribution in [0.2, 0.25) is 0 Å². The van der Waals surface area contributed by atoms with Crippen molar-refractivity contribution in [2.45, 2.75) is 25.9 Å². The summed E-state index contributed by atoms with van der Waals surface area (Å²) < 4.78 is 51.6. The number of nitrogens with one attached hydrogen (secondary N) is 1. The van der Waals surface area contributed by atoms with Gasteiger partial charge in [0.05, 0.1) is 20.3 Å². The maximum absolute atomic E-state index is 12.7. The average Bonchev–Trinajstić information content (AvgIpc) is 2.95. The molecule has 2 amide bonds. The fraction of sp³-hybridized carbons (Fsp3) is 0.353. The molecule has 12 heteroatoms. The molecule has 0 unspecified atom stereocenters. The lowest BCUT2D eigenvalue weighted by molar-refractivity contribution is 0.139. The predicted molar refractivity (Wildman–Crippen MR) is 101 cm³/mol. The Labute approximate surface area is 167 Å². The van der Waals surface area contributed by atoms with E-state index in [9.17, 15) is 17.8 Å². The number of carbonyl (C=O) groups excluding carboxylic acids is 1. The van der Waals surface area contributed by atoms with Crippen LogP contribution in [0.5, 0.6) is 17.5 Å². The lowest BCUT2D eigenvalue weighted by Crippen LogP contribution is -2.40. The third-order valence-corrected chi connectivity index (χ3v) is 4.82. The van der Waals surface area contributed by atoms with E-state index in [0.29, 0.717) is 12.0 Å². The zero-order valence-electron chi connectivity index (χ0n) is 16.1. The number of hydrogen-bond acceptors (Lipinski definition) is 9. The minimum atomic E-state index is -5.25. The largest absolute Gasteiger partial charge is 0.730 e. The Bertz CT molecular complexity index is 1030. The molecule has 0 radical (unpaired) electrons. The molecule has 0 spiro atoms. The van der Waals surface area contributed by atoms with E-state index in [4.69, 9.17) is 14.2 Å².